The van der Waals surface area contributed by atoms with E-state index in [1.54, 1.807) is 6.08 Å². The SMILES string of the molecule is [O]C/C=C/CN1CCCC1. The molecule has 0 aliphatic carbocycles. The van der Waals surface area contributed by atoms with Crippen LogP contribution in [0, 0.1) is 0 Å². The highest BCUT2D eigenvalue weighted by Crippen LogP contribution is 2.05. The molecule has 1 aliphatic heterocycles. The Kier molecular flexibility index (Phi) is 3.47. The van der Waals surface area contributed by atoms with Crippen LogP contribution < -0.4 is 0 Å². The van der Waals surface area contributed by atoms with E-state index in [9.17, 15) is 5.11 Å². The van der Waals surface area contributed by atoms with Crippen LogP contribution in [0.4, 0.5) is 0 Å². The van der Waals surface area contributed by atoms with Crippen molar-refractivity contribution in [3.05, 3.63) is 12.2 Å². The van der Waals surface area contributed by atoms with Gasteiger partial charge in [0.25, 0.3) is 0 Å². The Morgan fingerprint density at radius 3 is 2.50 bits per heavy atom. The smallest absolute Gasteiger partial charge is 0.100 e. The number of likely N-dealkylation sites (tertiary alicyclic amines) is 1. The summed E-state index contributed by atoms with van der Waals surface area (Å²) in [5.74, 6) is 0. The maximum atomic E-state index is 10.00. The van der Waals surface area contributed by atoms with Crippen molar-refractivity contribution in [2.24, 2.45) is 0 Å². The summed E-state index contributed by atoms with van der Waals surface area (Å²) in [7, 11) is 0. The van der Waals surface area contributed by atoms with Gasteiger partial charge in [-0.3, -0.25) is 4.90 Å². The molecule has 1 fully saturated rings. The Balaban J connectivity index is 2.06. The Hall–Kier alpha value is -0.340. The van der Waals surface area contributed by atoms with Crippen LogP contribution in [0.25, 0.3) is 0 Å². The van der Waals surface area contributed by atoms with Crippen molar-refractivity contribution in [3.63, 3.8) is 0 Å². The predicted molar refractivity (Wildman–Crippen MR) is 40.4 cm³/mol. The molecule has 0 atom stereocenters. The molecule has 1 aliphatic rings. The molecule has 0 spiro atoms. The van der Waals surface area contributed by atoms with Gasteiger partial charge in [0, 0.05) is 6.54 Å². The number of nitrogens with zero attached hydrogens (tertiary/aromatic N) is 1. The van der Waals surface area contributed by atoms with Gasteiger partial charge in [0.2, 0.25) is 0 Å². The summed E-state index contributed by atoms with van der Waals surface area (Å²) in [6.07, 6.45) is 6.31. The second kappa shape index (κ2) is 4.47. The topological polar surface area (TPSA) is 23.1 Å². The summed E-state index contributed by atoms with van der Waals surface area (Å²) < 4.78 is 0. The molecule has 1 saturated heterocycles. The van der Waals surface area contributed by atoms with Gasteiger partial charge in [-0.15, -0.1) is 0 Å². The molecule has 0 amide bonds. The summed E-state index contributed by atoms with van der Waals surface area (Å²) >= 11 is 0. The fraction of sp³-hybridized carbons (Fsp3) is 0.750. The van der Waals surface area contributed by atoms with Gasteiger partial charge in [-0.25, -0.2) is 5.11 Å². The van der Waals surface area contributed by atoms with Crippen molar-refractivity contribution in [1.29, 1.82) is 0 Å². The van der Waals surface area contributed by atoms with Crippen LogP contribution in [0.5, 0.6) is 0 Å². The van der Waals surface area contributed by atoms with Crippen molar-refractivity contribution < 1.29 is 5.11 Å². The monoisotopic (exact) mass is 140 g/mol. The zero-order valence-corrected chi connectivity index (χ0v) is 6.25. The summed E-state index contributed by atoms with van der Waals surface area (Å²) in [5, 5.41) is 10.00. The minimum atomic E-state index is -0.0756. The van der Waals surface area contributed by atoms with Crippen LogP contribution in [0.3, 0.4) is 0 Å². The first kappa shape index (κ1) is 7.76. The first-order chi connectivity index (χ1) is 4.93. The molecule has 0 aromatic heterocycles. The lowest BCUT2D eigenvalue weighted by Crippen LogP contribution is -2.18. The maximum absolute atomic E-state index is 10.00. The molecule has 0 aromatic rings. The van der Waals surface area contributed by atoms with Gasteiger partial charge < -0.3 is 0 Å². The molecule has 0 N–H and O–H groups in total. The fourth-order valence-electron chi connectivity index (χ4n) is 1.26. The van der Waals surface area contributed by atoms with E-state index in [1.807, 2.05) is 6.08 Å². The summed E-state index contributed by atoms with van der Waals surface area (Å²) in [5.41, 5.74) is 0. The summed E-state index contributed by atoms with van der Waals surface area (Å²) in [6, 6.07) is 0. The highest BCUT2D eigenvalue weighted by Gasteiger charge is 2.08. The highest BCUT2D eigenvalue weighted by molar-refractivity contribution is 4.85. The summed E-state index contributed by atoms with van der Waals surface area (Å²) in [6.45, 7) is 3.32. The van der Waals surface area contributed by atoms with Crippen molar-refractivity contribution in [3.8, 4) is 0 Å². The van der Waals surface area contributed by atoms with Crippen LogP contribution in [-0.4, -0.2) is 31.1 Å². The van der Waals surface area contributed by atoms with E-state index in [4.69, 9.17) is 0 Å². The predicted octanol–water partition coefficient (Wildman–Crippen LogP) is 1.07. The van der Waals surface area contributed by atoms with Crippen molar-refractivity contribution >= 4 is 0 Å². The maximum Gasteiger partial charge on any atom is 0.100 e. The molecule has 1 heterocycles. The molecule has 2 nitrogen and oxygen atoms in total. The Morgan fingerprint density at radius 2 is 1.90 bits per heavy atom. The Bertz CT molecular complexity index is 106. The molecule has 1 radical (unpaired) electrons. The van der Waals surface area contributed by atoms with Gasteiger partial charge >= 0.3 is 0 Å². The van der Waals surface area contributed by atoms with Crippen LogP contribution in [0.15, 0.2) is 12.2 Å². The van der Waals surface area contributed by atoms with Gasteiger partial charge in [0.15, 0.2) is 0 Å². The van der Waals surface area contributed by atoms with Crippen molar-refractivity contribution in [2.75, 3.05) is 26.2 Å². The third-order valence-electron chi connectivity index (χ3n) is 1.83. The molecule has 2 heteroatoms. The third kappa shape index (κ3) is 2.50. The van der Waals surface area contributed by atoms with Crippen LogP contribution in [0.1, 0.15) is 12.8 Å². The van der Waals surface area contributed by atoms with E-state index in [0.29, 0.717) is 0 Å². The standard InChI is InChI=1S/C8H14NO/c10-8-4-3-7-9-5-1-2-6-9/h3-4H,1-2,5-8H2/b4-3+. The quantitative estimate of drug-likeness (QED) is 0.538. The molecular formula is C8H14NO. The molecule has 1 rings (SSSR count). The van der Waals surface area contributed by atoms with Gasteiger partial charge in [-0.1, -0.05) is 12.2 Å². The molecule has 57 valence electrons. The molecule has 10 heavy (non-hydrogen) atoms. The lowest BCUT2D eigenvalue weighted by molar-refractivity contribution is 0.231. The third-order valence-corrected chi connectivity index (χ3v) is 1.83. The highest BCUT2D eigenvalue weighted by atomic mass is 16.2. The average molecular weight is 140 g/mol. The van der Waals surface area contributed by atoms with E-state index in [2.05, 4.69) is 4.90 Å². The van der Waals surface area contributed by atoms with Gasteiger partial charge in [-0.05, 0) is 25.9 Å². The van der Waals surface area contributed by atoms with Gasteiger partial charge in [0.1, 0.15) is 6.61 Å². The minimum Gasteiger partial charge on any atom is -0.300 e. The molecule has 0 aromatic carbocycles. The molecule has 0 bridgehead atoms. The normalized spacial score (nSPS) is 20.9. The van der Waals surface area contributed by atoms with Crippen molar-refractivity contribution in [1.82, 2.24) is 4.90 Å². The average Bonchev–Trinajstić information content (AvgIpc) is 2.41. The Labute approximate surface area is 62.2 Å². The van der Waals surface area contributed by atoms with E-state index in [-0.39, 0.29) is 6.61 Å². The summed E-state index contributed by atoms with van der Waals surface area (Å²) in [4.78, 5) is 2.37. The Morgan fingerprint density at radius 1 is 1.20 bits per heavy atom. The fourth-order valence-corrected chi connectivity index (χ4v) is 1.26. The largest absolute Gasteiger partial charge is 0.300 e. The zero-order valence-electron chi connectivity index (χ0n) is 6.25. The second-order valence-corrected chi connectivity index (χ2v) is 2.65. The molecular weight excluding hydrogens is 126 g/mol. The lowest BCUT2D eigenvalue weighted by atomic mass is 10.4. The zero-order chi connectivity index (χ0) is 7.23. The second-order valence-electron chi connectivity index (χ2n) is 2.65. The number of hydrogen-bond donors (Lipinski definition) is 0. The van der Waals surface area contributed by atoms with Gasteiger partial charge in [-0.2, -0.15) is 0 Å². The van der Waals surface area contributed by atoms with Gasteiger partial charge in [0.05, 0.1) is 0 Å². The van der Waals surface area contributed by atoms with E-state index in [1.165, 1.54) is 25.9 Å². The number of rotatable bonds is 3. The van der Waals surface area contributed by atoms with Crippen LogP contribution in [-0.2, 0) is 5.11 Å². The minimum absolute atomic E-state index is 0.0756. The lowest BCUT2D eigenvalue weighted by Gasteiger charge is -2.09. The number of hydrogen-bond acceptors (Lipinski definition) is 1. The van der Waals surface area contributed by atoms with Crippen LogP contribution in [0.2, 0.25) is 0 Å². The molecule has 0 unspecified atom stereocenters. The first-order valence-electron chi connectivity index (χ1n) is 3.89. The van der Waals surface area contributed by atoms with E-state index in [0.717, 1.165) is 6.54 Å². The molecule has 0 saturated carbocycles. The van der Waals surface area contributed by atoms with E-state index >= 15 is 0 Å². The van der Waals surface area contributed by atoms with Crippen molar-refractivity contribution in [2.45, 2.75) is 12.8 Å². The first-order valence-corrected chi connectivity index (χ1v) is 3.89. The van der Waals surface area contributed by atoms with Crippen LogP contribution >= 0.6 is 0 Å². The van der Waals surface area contributed by atoms with E-state index < -0.39 is 0 Å².